The number of aryl methyl sites for hydroxylation is 1. The molecule has 0 aliphatic heterocycles. The van der Waals surface area contributed by atoms with Crippen LogP contribution in [0.3, 0.4) is 0 Å². The smallest absolute Gasteiger partial charge is 0.238 e. The second kappa shape index (κ2) is 7.25. The van der Waals surface area contributed by atoms with E-state index >= 15 is 0 Å². The molecule has 0 radical (unpaired) electrons. The van der Waals surface area contributed by atoms with Crippen molar-refractivity contribution in [2.24, 2.45) is 0 Å². The van der Waals surface area contributed by atoms with E-state index in [1.165, 1.54) is 5.56 Å². The average Bonchev–Trinajstić information content (AvgIpc) is 2.48. The topological polar surface area (TPSA) is 41.1 Å². The zero-order valence-corrected chi connectivity index (χ0v) is 12.9. The van der Waals surface area contributed by atoms with E-state index in [1.54, 1.807) is 0 Å². The van der Waals surface area contributed by atoms with Crippen LogP contribution in [0.25, 0.3) is 0 Å². The van der Waals surface area contributed by atoms with Gasteiger partial charge in [-0.1, -0.05) is 47.5 Å². The summed E-state index contributed by atoms with van der Waals surface area (Å²) >= 11 is 6.14. The van der Waals surface area contributed by atoms with Gasteiger partial charge in [-0.25, -0.2) is 0 Å². The number of benzene rings is 2. The summed E-state index contributed by atoms with van der Waals surface area (Å²) in [6.45, 7) is 4.24. The lowest BCUT2D eigenvalue weighted by molar-refractivity contribution is -0.115. The summed E-state index contributed by atoms with van der Waals surface area (Å²) in [7, 11) is 0. The fourth-order valence-corrected chi connectivity index (χ4v) is 2.32. The summed E-state index contributed by atoms with van der Waals surface area (Å²) < 4.78 is 0. The highest BCUT2D eigenvalue weighted by Gasteiger charge is 2.10. The molecule has 21 heavy (non-hydrogen) atoms. The van der Waals surface area contributed by atoms with E-state index < -0.39 is 0 Å². The van der Waals surface area contributed by atoms with Gasteiger partial charge in [0.25, 0.3) is 0 Å². The van der Waals surface area contributed by atoms with Gasteiger partial charge in [0.1, 0.15) is 0 Å². The summed E-state index contributed by atoms with van der Waals surface area (Å²) in [6.07, 6.45) is 0. The lowest BCUT2D eigenvalue weighted by Crippen LogP contribution is -2.30. The third kappa shape index (κ3) is 4.59. The van der Waals surface area contributed by atoms with E-state index in [1.807, 2.05) is 62.4 Å². The summed E-state index contributed by atoms with van der Waals surface area (Å²) in [5.74, 6) is -0.0715. The number of nitrogens with one attached hydrogen (secondary N) is 2. The molecule has 1 amide bonds. The fourth-order valence-electron chi connectivity index (χ4n) is 2.02. The zero-order valence-electron chi connectivity index (χ0n) is 12.2. The van der Waals surface area contributed by atoms with Gasteiger partial charge in [-0.15, -0.1) is 0 Å². The summed E-state index contributed by atoms with van der Waals surface area (Å²) in [6, 6.07) is 15.4. The monoisotopic (exact) mass is 302 g/mol. The van der Waals surface area contributed by atoms with Crippen molar-refractivity contribution < 1.29 is 4.79 Å². The number of rotatable bonds is 5. The molecule has 0 aromatic heterocycles. The van der Waals surface area contributed by atoms with Gasteiger partial charge in [0, 0.05) is 16.8 Å². The number of amides is 1. The lowest BCUT2D eigenvalue weighted by Gasteiger charge is -2.15. The van der Waals surface area contributed by atoms with Crippen LogP contribution < -0.4 is 10.6 Å². The second-order valence-corrected chi connectivity index (χ2v) is 5.45. The molecule has 2 rings (SSSR count). The number of hydrogen-bond donors (Lipinski definition) is 2. The van der Waals surface area contributed by atoms with Gasteiger partial charge < -0.3 is 10.6 Å². The first-order valence-corrected chi connectivity index (χ1v) is 7.28. The molecule has 0 saturated heterocycles. The van der Waals surface area contributed by atoms with E-state index in [-0.39, 0.29) is 18.5 Å². The molecular weight excluding hydrogens is 284 g/mol. The number of halogens is 1. The molecule has 0 heterocycles. The highest BCUT2D eigenvalue weighted by atomic mass is 35.5. The van der Waals surface area contributed by atoms with Crippen molar-refractivity contribution in [3.8, 4) is 0 Å². The van der Waals surface area contributed by atoms with Crippen molar-refractivity contribution in [3.05, 3.63) is 64.7 Å². The molecule has 2 aromatic carbocycles. The largest absolute Gasteiger partial charge is 0.325 e. The molecule has 0 bridgehead atoms. The van der Waals surface area contributed by atoms with Crippen LogP contribution in [0.4, 0.5) is 5.69 Å². The number of hydrogen-bond acceptors (Lipinski definition) is 2. The zero-order chi connectivity index (χ0) is 15.2. The van der Waals surface area contributed by atoms with E-state index in [2.05, 4.69) is 10.6 Å². The van der Waals surface area contributed by atoms with E-state index in [9.17, 15) is 4.79 Å². The third-order valence-corrected chi connectivity index (χ3v) is 3.62. The highest BCUT2D eigenvalue weighted by Crippen LogP contribution is 2.21. The minimum absolute atomic E-state index is 0.0162. The van der Waals surface area contributed by atoms with Crippen molar-refractivity contribution in [2.75, 3.05) is 11.9 Å². The minimum Gasteiger partial charge on any atom is -0.325 e. The summed E-state index contributed by atoms with van der Waals surface area (Å²) in [5.41, 5.74) is 2.96. The van der Waals surface area contributed by atoms with Gasteiger partial charge in [0.15, 0.2) is 0 Å². The van der Waals surface area contributed by atoms with Crippen LogP contribution in [-0.2, 0) is 4.79 Å². The van der Waals surface area contributed by atoms with Crippen molar-refractivity contribution in [1.82, 2.24) is 5.32 Å². The summed E-state index contributed by atoms with van der Waals surface area (Å²) in [4.78, 5) is 11.9. The molecule has 0 unspecified atom stereocenters. The molecule has 0 spiro atoms. The van der Waals surface area contributed by atoms with Crippen molar-refractivity contribution in [1.29, 1.82) is 0 Å². The molecule has 4 heteroatoms. The molecule has 0 fully saturated rings. The maximum absolute atomic E-state index is 11.9. The first-order valence-electron chi connectivity index (χ1n) is 6.90. The minimum atomic E-state index is -0.0715. The molecule has 1 atom stereocenters. The predicted molar refractivity (Wildman–Crippen MR) is 87.7 cm³/mol. The van der Waals surface area contributed by atoms with Crippen LogP contribution in [0.1, 0.15) is 24.1 Å². The number of anilines is 1. The molecular formula is C17H19ClN2O. The maximum atomic E-state index is 11.9. The van der Waals surface area contributed by atoms with Crippen molar-refractivity contribution in [3.63, 3.8) is 0 Å². The Bertz CT molecular complexity index is 610. The first-order chi connectivity index (χ1) is 10.1. The quantitative estimate of drug-likeness (QED) is 0.878. The maximum Gasteiger partial charge on any atom is 0.238 e. The van der Waals surface area contributed by atoms with Crippen LogP contribution in [0.15, 0.2) is 48.5 Å². The fraction of sp³-hybridized carbons (Fsp3) is 0.235. The third-order valence-electron chi connectivity index (χ3n) is 3.28. The van der Waals surface area contributed by atoms with Crippen LogP contribution in [0.2, 0.25) is 5.02 Å². The molecule has 0 saturated carbocycles. The van der Waals surface area contributed by atoms with Crippen molar-refractivity contribution in [2.45, 2.75) is 19.9 Å². The molecule has 3 nitrogen and oxygen atoms in total. The van der Waals surface area contributed by atoms with Gasteiger partial charge in [0.2, 0.25) is 5.91 Å². The molecule has 110 valence electrons. The Kier molecular flexibility index (Phi) is 5.37. The Hall–Kier alpha value is -1.84. The summed E-state index contributed by atoms with van der Waals surface area (Å²) in [5, 5.41) is 6.74. The van der Waals surface area contributed by atoms with Crippen LogP contribution in [-0.4, -0.2) is 12.5 Å². The molecule has 0 aliphatic rings. The highest BCUT2D eigenvalue weighted by molar-refractivity contribution is 6.31. The molecule has 2 aromatic rings. The Morgan fingerprint density at radius 3 is 2.48 bits per heavy atom. The molecule has 2 N–H and O–H groups in total. The predicted octanol–water partition coefficient (Wildman–Crippen LogP) is 3.94. The number of carbonyl (C=O) groups is 1. The van der Waals surface area contributed by atoms with Crippen molar-refractivity contribution >= 4 is 23.2 Å². The first kappa shape index (κ1) is 15.5. The Balaban J connectivity index is 1.86. The Morgan fingerprint density at radius 1 is 1.14 bits per heavy atom. The van der Waals surface area contributed by atoms with Gasteiger partial charge in [0.05, 0.1) is 6.54 Å². The second-order valence-electron chi connectivity index (χ2n) is 5.04. The normalized spacial score (nSPS) is 12.0. The van der Waals surface area contributed by atoms with E-state index in [4.69, 9.17) is 11.6 Å². The lowest BCUT2D eigenvalue weighted by atomic mass is 10.1. The standard InChI is InChI=1S/C17H19ClN2O/c1-12-7-9-14(10-8-12)20-17(21)11-19-13(2)15-5-3-4-6-16(15)18/h3-10,13,19H,11H2,1-2H3,(H,20,21)/t13-/m0/s1. The van der Waals surface area contributed by atoms with Gasteiger partial charge >= 0.3 is 0 Å². The van der Waals surface area contributed by atoms with E-state index in [0.717, 1.165) is 11.3 Å². The van der Waals surface area contributed by atoms with Gasteiger partial charge in [-0.3, -0.25) is 4.79 Å². The van der Waals surface area contributed by atoms with Crippen LogP contribution >= 0.6 is 11.6 Å². The van der Waals surface area contributed by atoms with Crippen LogP contribution in [0, 0.1) is 6.92 Å². The van der Waals surface area contributed by atoms with Gasteiger partial charge in [-0.2, -0.15) is 0 Å². The van der Waals surface area contributed by atoms with Gasteiger partial charge in [-0.05, 0) is 37.6 Å². The Morgan fingerprint density at radius 2 is 1.81 bits per heavy atom. The Labute approximate surface area is 130 Å². The number of carbonyl (C=O) groups excluding carboxylic acids is 1. The molecule has 0 aliphatic carbocycles. The SMILES string of the molecule is Cc1ccc(NC(=O)CN[C@@H](C)c2ccccc2Cl)cc1. The average molecular weight is 303 g/mol. The van der Waals surface area contributed by atoms with Crippen LogP contribution in [0.5, 0.6) is 0 Å². The van der Waals surface area contributed by atoms with E-state index in [0.29, 0.717) is 5.02 Å².